The predicted molar refractivity (Wildman–Crippen MR) is 56.6 cm³/mol. The minimum absolute atomic E-state index is 0.763. The van der Waals surface area contributed by atoms with E-state index in [-0.39, 0.29) is 0 Å². The van der Waals surface area contributed by atoms with Gasteiger partial charge >= 0.3 is 0 Å². The molecule has 2 aromatic rings. The summed E-state index contributed by atoms with van der Waals surface area (Å²) in [7, 11) is 0. The molecular weight excluding hydrogens is 174 g/mol. The molecule has 3 nitrogen and oxygen atoms in total. The van der Waals surface area contributed by atoms with Gasteiger partial charge in [0.2, 0.25) is 0 Å². The maximum Gasteiger partial charge on any atom is 0.0767 e. The van der Waals surface area contributed by atoms with Crippen LogP contribution in [-0.4, -0.2) is 9.97 Å². The van der Waals surface area contributed by atoms with E-state index in [1.807, 2.05) is 19.1 Å². The fourth-order valence-electron chi connectivity index (χ4n) is 1.34. The van der Waals surface area contributed by atoms with Crippen molar-refractivity contribution in [2.45, 2.75) is 6.92 Å². The van der Waals surface area contributed by atoms with E-state index in [0.29, 0.717) is 0 Å². The molecule has 0 aliphatic carbocycles. The Morgan fingerprint density at radius 1 is 1.21 bits per heavy atom. The normalized spacial score (nSPS) is 10.1. The largest absolute Gasteiger partial charge is 0.398 e. The number of aromatic nitrogens is 2. The molecule has 3 heteroatoms. The van der Waals surface area contributed by atoms with Crippen LogP contribution in [0.5, 0.6) is 0 Å². The summed E-state index contributed by atoms with van der Waals surface area (Å²) in [5.41, 5.74) is 9.46. The van der Waals surface area contributed by atoms with Crippen molar-refractivity contribution < 1.29 is 0 Å². The number of nitrogens with zero attached hydrogens (tertiary/aromatic N) is 2. The van der Waals surface area contributed by atoms with Gasteiger partial charge in [0.25, 0.3) is 0 Å². The van der Waals surface area contributed by atoms with Gasteiger partial charge in [0, 0.05) is 29.8 Å². The van der Waals surface area contributed by atoms with E-state index in [1.165, 1.54) is 0 Å². The molecule has 0 aromatic carbocycles. The second-order valence-electron chi connectivity index (χ2n) is 3.12. The molecule has 0 radical (unpaired) electrons. The van der Waals surface area contributed by atoms with Gasteiger partial charge in [0.15, 0.2) is 0 Å². The third-order valence-corrected chi connectivity index (χ3v) is 2.18. The second-order valence-corrected chi connectivity index (χ2v) is 3.12. The Balaban J connectivity index is 2.58. The SMILES string of the molecule is Cc1c(N)ccnc1-c1cccnc1. The molecule has 0 aliphatic heterocycles. The standard InChI is InChI=1S/C11H11N3/c1-8-10(12)4-6-14-11(8)9-3-2-5-13-7-9/h2-7H,1H3,(H2,12,14). The Morgan fingerprint density at radius 3 is 2.79 bits per heavy atom. The zero-order valence-electron chi connectivity index (χ0n) is 7.94. The topological polar surface area (TPSA) is 51.8 Å². The summed E-state index contributed by atoms with van der Waals surface area (Å²) >= 11 is 0. The Kier molecular flexibility index (Phi) is 2.14. The predicted octanol–water partition coefficient (Wildman–Crippen LogP) is 2.03. The fraction of sp³-hybridized carbons (Fsp3) is 0.0909. The average molecular weight is 185 g/mol. The van der Waals surface area contributed by atoms with Crippen molar-refractivity contribution in [1.82, 2.24) is 9.97 Å². The van der Waals surface area contributed by atoms with Gasteiger partial charge in [-0.2, -0.15) is 0 Å². The number of nitrogens with two attached hydrogens (primary N) is 1. The summed E-state index contributed by atoms with van der Waals surface area (Å²) in [6.45, 7) is 1.96. The van der Waals surface area contributed by atoms with Crippen molar-refractivity contribution in [2.24, 2.45) is 0 Å². The van der Waals surface area contributed by atoms with Crippen molar-refractivity contribution in [2.75, 3.05) is 5.73 Å². The zero-order chi connectivity index (χ0) is 9.97. The van der Waals surface area contributed by atoms with Crippen LogP contribution < -0.4 is 5.73 Å². The Morgan fingerprint density at radius 2 is 2.07 bits per heavy atom. The van der Waals surface area contributed by atoms with E-state index in [9.17, 15) is 0 Å². The molecule has 70 valence electrons. The molecule has 0 saturated carbocycles. The summed E-state index contributed by atoms with van der Waals surface area (Å²) in [6.07, 6.45) is 5.24. The van der Waals surface area contributed by atoms with Gasteiger partial charge in [-0.05, 0) is 30.7 Å². The lowest BCUT2D eigenvalue weighted by molar-refractivity contribution is 1.25. The van der Waals surface area contributed by atoms with Crippen LogP contribution in [0.3, 0.4) is 0 Å². The first-order valence-corrected chi connectivity index (χ1v) is 4.40. The van der Waals surface area contributed by atoms with Crippen molar-refractivity contribution in [1.29, 1.82) is 0 Å². The molecule has 0 fully saturated rings. The van der Waals surface area contributed by atoms with Crippen LogP contribution in [0, 0.1) is 6.92 Å². The summed E-state index contributed by atoms with van der Waals surface area (Å²) in [6, 6.07) is 5.66. The second kappa shape index (κ2) is 3.46. The van der Waals surface area contributed by atoms with E-state index < -0.39 is 0 Å². The van der Waals surface area contributed by atoms with E-state index in [4.69, 9.17) is 5.73 Å². The van der Waals surface area contributed by atoms with Crippen LogP contribution in [0.1, 0.15) is 5.56 Å². The molecule has 14 heavy (non-hydrogen) atoms. The smallest absolute Gasteiger partial charge is 0.0767 e. The monoisotopic (exact) mass is 185 g/mol. The molecule has 0 bridgehead atoms. The van der Waals surface area contributed by atoms with Crippen LogP contribution >= 0.6 is 0 Å². The van der Waals surface area contributed by atoms with Gasteiger partial charge in [-0.1, -0.05) is 0 Å². The lowest BCUT2D eigenvalue weighted by Gasteiger charge is -2.06. The first kappa shape index (κ1) is 8.69. The first-order chi connectivity index (χ1) is 6.79. The number of rotatable bonds is 1. The highest BCUT2D eigenvalue weighted by molar-refractivity contribution is 5.67. The Bertz CT molecular complexity index is 438. The van der Waals surface area contributed by atoms with Crippen LogP contribution in [0.4, 0.5) is 5.69 Å². The summed E-state index contributed by atoms with van der Waals surface area (Å²) < 4.78 is 0. The molecule has 0 unspecified atom stereocenters. The molecule has 0 saturated heterocycles. The van der Waals surface area contributed by atoms with E-state index in [1.54, 1.807) is 24.7 Å². The third kappa shape index (κ3) is 1.44. The van der Waals surface area contributed by atoms with E-state index >= 15 is 0 Å². The Labute approximate surface area is 82.6 Å². The number of nitrogen functional groups attached to an aromatic ring is 1. The summed E-state index contributed by atoms with van der Waals surface area (Å²) in [5, 5.41) is 0. The highest BCUT2D eigenvalue weighted by Crippen LogP contribution is 2.23. The third-order valence-electron chi connectivity index (χ3n) is 2.18. The van der Waals surface area contributed by atoms with Crippen molar-refractivity contribution in [3.63, 3.8) is 0 Å². The maximum atomic E-state index is 5.80. The average Bonchev–Trinajstić information content (AvgIpc) is 2.23. The highest BCUT2D eigenvalue weighted by Gasteiger charge is 2.04. The van der Waals surface area contributed by atoms with Crippen molar-refractivity contribution in [3.8, 4) is 11.3 Å². The lowest BCUT2D eigenvalue weighted by Crippen LogP contribution is -1.94. The molecule has 2 N–H and O–H groups in total. The highest BCUT2D eigenvalue weighted by atomic mass is 14.7. The molecule has 2 heterocycles. The quantitative estimate of drug-likeness (QED) is 0.739. The number of anilines is 1. The van der Waals surface area contributed by atoms with Gasteiger partial charge in [-0.3, -0.25) is 9.97 Å². The lowest BCUT2D eigenvalue weighted by atomic mass is 10.1. The maximum absolute atomic E-state index is 5.80. The van der Waals surface area contributed by atoms with Crippen LogP contribution in [0.15, 0.2) is 36.8 Å². The van der Waals surface area contributed by atoms with Gasteiger partial charge < -0.3 is 5.73 Å². The molecular formula is C11H11N3. The molecule has 2 aromatic heterocycles. The zero-order valence-corrected chi connectivity index (χ0v) is 7.94. The van der Waals surface area contributed by atoms with Gasteiger partial charge in [-0.15, -0.1) is 0 Å². The Hall–Kier alpha value is -1.90. The number of hydrogen-bond donors (Lipinski definition) is 1. The minimum atomic E-state index is 0.763. The number of hydrogen-bond acceptors (Lipinski definition) is 3. The minimum Gasteiger partial charge on any atom is -0.398 e. The first-order valence-electron chi connectivity index (χ1n) is 4.40. The molecule has 0 spiro atoms. The van der Waals surface area contributed by atoms with Crippen molar-refractivity contribution in [3.05, 3.63) is 42.4 Å². The molecule has 0 amide bonds. The van der Waals surface area contributed by atoms with Crippen molar-refractivity contribution >= 4 is 5.69 Å². The van der Waals surface area contributed by atoms with Gasteiger partial charge in [0.1, 0.15) is 0 Å². The van der Waals surface area contributed by atoms with E-state index in [2.05, 4.69) is 9.97 Å². The summed E-state index contributed by atoms with van der Waals surface area (Å²) in [5.74, 6) is 0. The number of pyridine rings is 2. The molecule has 2 rings (SSSR count). The van der Waals surface area contributed by atoms with E-state index in [0.717, 1.165) is 22.5 Å². The van der Waals surface area contributed by atoms with Gasteiger partial charge in [0.05, 0.1) is 5.69 Å². The van der Waals surface area contributed by atoms with Crippen LogP contribution in [-0.2, 0) is 0 Å². The summed E-state index contributed by atoms with van der Waals surface area (Å²) in [4.78, 5) is 8.34. The van der Waals surface area contributed by atoms with Gasteiger partial charge in [-0.25, -0.2) is 0 Å². The van der Waals surface area contributed by atoms with Crippen LogP contribution in [0.2, 0.25) is 0 Å². The fourth-order valence-corrected chi connectivity index (χ4v) is 1.34. The molecule has 0 aliphatic rings. The molecule has 0 atom stereocenters. The van der Waals surface area contributed by atoms with Crippen LogP contribution in [0.25, 0.3) is 11.3 Å².